The number of amides is 2. The van der Waals surface area contributed by atoms with Crippen LogP contribution in [-0.4, -0.2) is 53.2 Å². The summed E-state index contributed by atoms with van der Waals surface area (Å²) in [5.41, 5.74) is -1.59. The third kappa shape index (κ3) is 6.07. The predicted molar refractivity (Wildman–Crippen MR) is 139 cm³/mol. The Morgan fingerprint density at radius 1 is 1.29 bits per heavy atom. The highest BCUT2D eigenvalue weighted by atomic mass is 35.5. The van der Waals surface area contributed by atoms with Crippen molar-refractivity contribution in [2.45, 2.75) is 38.8 Å². The van der Waals surface area contributed by atoms with Crippen LogP contribution in [0.2, 0.25) is 5.02 Å². The maximum atomic E-state index is 14.2. The molecule has 3 atom stereocenters. The summed E-state index contributed by atoms with van der Waals surface area (Å²) in [4.78, 5) is 40.6. The second-order valence-corrected chi connectivity index (χ2v) is 9.83. The van der Waals surface area contributed by atoms with Gasteiger partial charge in [-0.2, -0.15) is 0 Å². The van der Waals surface area contributed by atoms with Crippen molar-refractivity contribution in [2.75, 3.05) is 26.8 Å². The molecule has 4 rings (SSSR count). The third-order valence-electron chi connectivity index (χ3n) is 6.95. The van der Waals surface area contributed by atoms with E-state index in [1.807, 2.05) is 0 Å². The lowest BCUT2D eigenvalue weighted by atomic mass is 10.0. The van der Waals surface area contributed by atoms with Crippen molar-refractivity contribution in [3.63, 3.8) is 0 Å². The molecular formula is C27H32ClF2N3O5. The smallest absolute Gasteiger partial charge is 0.274 e. The fourth-order valence-corrected chi connectivity index (χ4v) is 4.87. The van der Waals surface area contributed by atoms with Crippen LogP contribution in [0.4, 0.5) is 8.78 Å². The summed E-state index contributed by atoms with van der Waals surface area (Å²) in [6.45, 7) is 9.03. The number of fused-ring (bicyclic) bond motifs is 1. The van der Waals surface area contributed by atoms with Crippen molar-refractivity contribution in [3.8, 4) is 5.75 Å². The number of carbonyl (C=O) groups excluding carboxylic acids is 2. The highest BCUT2D eigenvalue weighted by molar-refractivity contribution is 6.30. The van der Waals surface area contributed by atoms with E-state index in [-0.39, 0.29) is 29.4 Å². The molecule has 1 unspecified atom stereocenters. The number of aromatic hydroxyl groups is 1. The van der Waals surface area contributed by atoms with E-state index in [1.165, 1.54) is 10.8 Å². The van der Waals surface area contributed by atoms with E-state index in [4.69, 9.17) is 16.3 Å². The molecule has 0 radical (unpaired) electrons. The fraction of sp³-hybridized carbons (Fsp3) is 0.444. The Balaban J connectivity index is 0.00000195. The first-order valence-corrected chi connectivity index (χ1v) is 12.7. The Hall–Kier alpha value is -3.24. The second-order valence-electron chi connectivity index (χ2n) is 9.45. The van der Waals surface area contributed by atoms with Crippen LogP contribution in [0, 0.1) is 23.5 Å². The van der Waals surface area contributed by atoms with Crippen LogP contribution in [0.25, 0.3) is 0 Å². The van der Waals surface area contributed by atoms with E-state index in [0.717, 1.165) is 25.0 Å². The number of carbonyl (C=O) groups is 2. The lowest BCUT2D eigenvalue weighted by molar-refractivity contribution is 0.0628. The molecule has 38 heavy (non-hydrogen) atoms. The molecule has 1 aromatic heterocycles. The average molecular weight is 552 g/mol. The van der Waals surface area contributed by atoms with Gasteiger partial charge in [-0.1, -0.05) is 24.6 Å². The predicted octanol–water partition coefficient (Wildman–Crippen LogP) is 4.30. The first-order chi connectivity index (χ1) is 18.1. The van der Waals surface area contributed by atoms with Gasteiger partial charge in [0.05, 0.1) is 6.04 Å². The maximum absolute atomic E-state index is 14.2. The van der Waals surface area contributed by atoms with E-state index in [0.29, 0.717) is 38.0 Å². The summed E-state index contributed by atoms with van der Waals surface area (Å²) < 4.78 is 34.2. The molecule has 2 aliphatic rings. The van der Waals surface area contributed by atoms with Gasteiger partial charge in [-0.05, 0) is 37.2 Å². The molecule has 2 aromatic rings. The molecule has 1 aliphatic carbocycles. The summed E-state index contributed by atoms with van der Waals surface area (Å²) in [6.07, 6.45) is 3.67. The molecule has 1 aliphatic heterocycles. The standard InChI is InChI=1S/C25H28ClF2N3O5.C2H4/c1-13-8-15(13)9-16-11-30(6-3-7-36-2)25(35)21-23(33)22(32)17(12-31(16)21)24(34)29-10-14-4-5-18(27)19(26)20(14)28;1-2/h4-5,12-13,15-16,33H,3,6-11H2,1-2H3,(H,29,34);1-2H2/t13-,15?,16-;/m1./s1. The fourth-order valence-electron chi connectivity index (χ4n) is 4.69. The molecule has 0 saturated heterocycles. The molecule has 206 valence electrons. The van der Waals surface area contributed by atoms with Gasteiger partial charge in [-0.15, -0.1) is 13.2 Å². The van der Waals surface area contributed by atoms with Gasteiger partial charge in [-0.3, -0.25) is 14.4 Å². The molecule has 2 amide bonds. The average Bonchev–Trinajstić information content (AvgIpc) is 3.61. The SMILES string of the molecule is C=C.COCCCN1C[C@@H](CC2C[C@H]2C)n2cc(C(=O)NCc3ccc(F)c(Cl)c3F)c(=O)c(O)c2C1=O. The van der Waals surface area contributed by atoms with Crippen molar-refractivity contribution < 1.29 is 28.2 Å². The molecule has 0 spiro atoms. The van der Waals surface area contributed by atoms with E-state index in [2.05, 4.69) is 25.4 Å². The monoisotopic (exact) mass is 551 g/mol. The summed E-state index contributed by atoms with van der Waals surface area (Å²) in [6, 6.07) is 1.87. The summed E-state index contributed by atoms with van der Waals surface area (Å²) in [7, 11) is 1.57. The first kappa shape index (κ1) is 29.3. The van der Waals surface area contributed by atoms with Gasteiger partial charge in [0, 0.05) is 45.1 Å². The van der Waals surface area contributed by atoms with Crippen molar-refractivity contribution in [3.05, 3.63) is 75.2 Å². The largest absolute Gasteiger partial charge is 0.503 e. The third-order valence-corrected chi connectivity index (χ3v) is 7.30. The molecule has 0 bridgehead atoms. The zero-order chi connectivity index (χ0) is 28.1. The Morgan fingerprint density at radius 3 is 2.61 bits per heavy atom. The minimum Gasteiger partial charge on any atom is -0.503 e. The zero-order valence-electron chi connectivity index (χ0n) is 21.4. The van der Waals surface area contributed by atoms with Crippen LogP contribution in [0.1, 0.15) is 58.6 Å². The quantitative estimate of drug-likeness (QED) is 0.275. The van der Waals surface area contributed by atoms with Crippen LogP contribution >= 0.6 is 11.6 Å². The van der Waals surface area contributed by atoms with E-state index in [1.54, 1.807) is 12.0 Å². The lowest BCUT2D eigenvalue weighted by Crippen LogP contribution is -2.46. The molecule has 2 heterocycles. The van der Waals surface area contributed by atoms with Crippen LogP contribution in [-0.2, 0) is 11.3 Å². The number of aromatic nitrogens is 1. The number of methoxy groups -OCH3 is 1. The minimum atomic E-state index is -1.01. The number of benzene rings is 1. The van der Waals surface area contributed by atoms with Gasteiger partial charge < -0.3 is 24.6 Å². The molecule has 11 heteroatoms. The molecule has 1 saturated carbocycles. The molecular weight excluding hydrogens is 520 g/mol. The molecule has 1 fully saturated rings. The summed E-state index contributed by atoms with van der Waals surface area (Å²) in [5.74, 6) is -3.11. The Kier molecular flexibility index (Phi) is 9.67. The second kappa shape index (κ2) is 12.5. The zero-order valence-corrected chi connectivity index (χ0v) is 22.2. The minimum absolute atomic E-state index is 0.0699. The van der Waals surface area contributed by atoms with Gasteiger partial charge in [0.1, 0.15) is 22.2 Å². The summed E-state index contributed by atoms with van der Waals surface area (Å²) in [5, 5.41) is 12.5. The summed E-state index contributed by atoms with van der Waals surface area (Å²) >= 11 is 5.59. The number of nitrogens with one attached hydrogen (secondary N) is 1. The van der Waals surface area contributed by atoms with Crippen LogP contribution in [0.15, 0.2) is 36.3 Å². The van der Waals surface area contributed by atoms with Crippen LogP contribution < -0.4 is 10.7 Å². The van der Waals surface area contributed by atoms with E-state index >= 15 is 0 Å². The van der Waals surface area contributed by atoms with E-state index < -0.39 is 39.6 Å². The number of hydrogen-bond donors (Lipinski definition) is 2. The number of pyridine rings is 1. The Labute approximate surface area is 224 Å². The number of hydrogen-bond acceptors (Lipinski definition) is 5. The molecule has 2 N–H and O–H groups in total. The van der Waals surface area contributed by atoms with Crippen molar-refractivity contribution in [1.29, 1.82) is 0 Å². The maximum Gasteiger partial charge on any atom is 0.274 e. The molecule has 8 nitrogen and oxygen atoms in total. The Morgan fingerprint density at radius 2 is 1.97 bits per heavy atom. The van der Waals surface area contributed by atoms with Gasteiger partial charge in [0.15, 0.2) is 11.4 Å². The molecule has 1 aromatic carbocycles. The lowest BCUT2D eigenvalue weighted by Gasteiger charge is -2.36. The van der Waals surface area contributed by atoms with Crippen LogP contribution in [0.5, 0.6) is 5.75 Å². The highest BCUT2D eigenvalue weighted by Gasteiger charge is 2.40. The van der Waals surface area contributed by atoms with Gasteiger partial charge in [0.25, 0.3) is 11.8 Å². The van der Waals surface area contributed by atoms with Crippen molar-refractivity contribution in [1.82, 2.24) is 14.8 Å². The van der Waals surface area contributed by atoms with Gasteiger partial charge >= 0.3 is 0 Å². The number of halogens is 3. The normalized spacial score (nSPS) is 19.9. The number of ether oxygens (including phenoxy) is 1. The van der Waals surface area contributed by atoms with Gasteiger partial charge in [-0.25, -0.2) is 8.78 Å². The Bertz CT molecular complexity index is 1270. The van der Waals surface area contributed by atoms with Gasteiger partial charge in [0.2, 0.25) is 5.43 Å². The number of rotatable bonds is 9. The van der Waals surface area contributed by atoms with Crippen molar-refractivity contribution >= 4 is 23.4 Å². The first-order valence-electron chi connectivity index (χ1n) is 12.3. The highest BCUT2D eigenvalue weighted by Crippen LogP contribution is 2.45. The number of nitrogens with zero attached hydrogens (tertiary/aromatic N) is 2. The van der Waals surface area contributed by atoms with E-state index in [9.17, 15) is 28.3 Å². The topological polar surface area (TPSA) is 101 Å². The van der Waals surface area contributed by atoms with Crippen LogP contribution in [0.3, 0.4) is 0 Å². The van der Waals surface area contributed by atoms with Crippen molar-refractivity contribution in [2.24, 2.45) is 11.8 Å².